The molecular weight excluding hydrogens is 286 g/mol. The van der Waals surface area contributed by atoms with Crippen molar-refractivity contribution in [2.24, 2.45) is 7.05 Å². The third kappa shape index (κ3) is 4.32. The Balaban J connectivity index is 0.00000220. The first-order chi connectivity index (χ1) is 9.51. The molecule has 2 heterocycles. The van der Waals surface area contributed by atoms with E-state index in [-0.39, 0.29) is 12.4 Å². The largest absolute Gasteiger partial charge is 0.307 e. The maximum absolute atomic E-state index is 4.53. The number of halogens is 1. The van der Waals surface area contributed by atoms with Crippen molar-refractivity contribution in [3.05, 3.63) is 34.9 Å². The number of nitrogens with one attached hydrogen (secondary N) is 1. The first kappa shape index (κ1) is 17.7. The minimum Gasteiger partial charge on any atom is -0.307 e. The molecule has 5 nitrogen and oxygen atoms in total. The Morgan fingerprint density at radius 3 is 2.48 bits per heavy atom. The van der Waals surface area contributed by atoms with Crippen LogP contribution in [0.3, 0.4) is 0 Å². The number of hydrogen-bond acceptors (Lipinski definition) is 3. The minimum atomic E-state index is 0. The third-order valence-corrected chi connectivity index (χ3v) is 3.58. The SMILES string of the molecule is CCn1cc(CNCc2cc(C(C)C)nn2C)c(C)n1.Cl. The summed E-state index contributed by atoms with van der Waals surface area (Å²) in [5.41, 5.74) is 4.74. The van der Waals surface area contributed by atoms with Crippen molar-refractivity contribution in [3.63, 3.8) is 0 Å². The minimum absolute atomic E-state index is 0. The van der Waals surface area contributed by atoms with E-state index < -0.39 is 0 Å². The summed E-state index contributed by atoms with van der Waals surface area (Å²) in [5.74, 6) is 0.472. The fourth-order valence-electron chi connectivity index (χ4n) is 2.20. The number of aryl methyl sites for hydroxylation is 3. The molecule has 0 aliphatic rings. The van der Waals surface area contributed by atoms with Gasteiger partial charge in [0, 0.05) is 38.4 Å². The molecule has 2 aromatic heterocycles. The highest BCUT2D eigenvalue weighted by atomic mass is 35.5. The molecule has 0 saturated heterocycles. The van der Waals surface area contributed by atoms with E-state index in [1.807, 2.05) is 16.4 Å². The summed E-state index contributed by atoms with van der Waals surface area (Å²) < 4.78 is 3.94. The molecule has 0 aromatic carbocycles. The molecular formula is C15H26ClN5. The molecule has 1 N–H and O–H groups in total. The Morgan fingerprint density at radius 1 is 1.24 bits per heavy atom. The second-order valence-electron chi connectivity index (χ2n) is 5.54. The summed E-state index contributed by atoms with van der Waals surface area (Å²) in [6, 6.07) is 2.18. The van der Waals surface area contributed by atoms with Crippen molar-refractivity contribution in [1.29, 1.82) is 0 Å². The smallest absolute Gasteiger partial charge is 0.0653 e. The number of nitrogens with zero attached hydrogens (tertiary/aromatic N) is 4. The van der Waals surface area contributed by atoms with E-state index in [2.05, 4.69) is 55.5 Å². The lowest BCUT2D eigenvalue weighted by molar-refractivity contribution is 0.618. The summed E-state index contributed by atoms with van der Waals surface area (Å²) in [5, 5.41) is 12.5. The maximum atomic E-state index is 4.53. The fourth-order valence-corrected chi connectivity index (χ4v) is 2.20. The summed E-state index contributed by atoms with van der Waals surface area (Å²) in [6.45, 7) is 11.1. The van der Waals surface area contributed by atoms with E-state index >= 15 is 0 Å². The Labute approximate surface area is 133 Å². The number of hydrogen-bond donors (Lipinski definition) is 1. The van der Waals surface area contributed by atoms with Crippen LogP contribution in [-0.2, 0) is 26.7 Å². The van der Waals surface area contributed by atoms with E-state index in [1.165, 1.54) is 11.3 Å². The molecule has 21 heavy (non-hydrogen) atoms. The molecule has 0 aliphatic carbocycles. The van der Waals surface area contributed by atoms with Crippen LogP contribution in [0.4, 0.5) is 0 Å². The van der Waals surface area contributed by atoms with Gasteiger partial charge in [-0.15, -0.1) is 12.4 Å². The van der Waals surface area contributed by atoms with Crippen LogP contribution in [0, 0.1) is 6.92 Å². The second kappa shape index (κ2) is 7.61. The molecule has 0 amide bonds. The van der Waals surface area contributed by atoms with Crippen molar-refractivity contribution in [2.45, 2.75) is 53.2 Å². The van der Waals surface area contributed by atoms with Crippen LogP contribution in [-0.4, -0.2) is 19.6 Å². The van der Waals surface area contributed by atoms with Gasteiger partial charge in [0.05, 0.1) is 17.1 Å². The topological polar surface area (TPSA) is 47.7 Å². The Bertz CT molecular complexity index is 571. The molecule has 0 saturated carbocycles. The lowest BCUT2D eigenvalue weighted by atomic mass is 10.1. The van der Waals surface area contributed by atoms with Crippen LogP contribution in [0.5, 0.6) is 0 Å². The zero-order valence-corrected chi connectivity index (χ0v) is 14.4. The highest BCUT2D eigenvalue weighted by molar-refractivity contribution is 5.85. The van der Waals surface area contributed by atoms with Crippen molar-refractivity contribution in [1.82, 2.24) is 24.9 Å². The average Bonchev–Trinajstić information content (AvgIpc) is 2.94. The van der Waals surface area contributed by atoms with Gasteiger partial charge in [0.15, 0.2) is 0 Å². The van der Waals surface area contributed by atoms with E-state index in [9.17, 15) is 0 Å². The molecule has 0 atom stereocenters. The van der Waals surface area contributed by atoms with Crippen LogP contribution < -0.4 is 5.32 Å². The van der Waals surface area contributed by atoms with E-state index in [0.717, 1.165) is 31.0 Å². The van der Waals surface area contributed by atoms with Gasteiger partial charge in [0.1, 0.15) is 0 Å². The highest BCUT2D eigenvalue weighted by Gasteiger charge is 2.08. The van der Waals surface area contributed by atoms with Crippen molar-refractivity contribution in [3.8, 4) is 0 Å². The van der Waals surface area contributed by atoms with E-state index in [4.69, 9.17) is 0 Å². The van der Waals surface area contributed by atoms with E-state index in [0.29, 0.717) is 5.92 Å². The molecule has 0 spiro atoms. The number of rotatable bonds is 6. The molecule has 0 radical (unpaired) electrons. The lowest BCUT2D eigenvalue weighted by Crippen LogP contribution is -2.15. The first-order valence-corrected chi connectivity index (χ1v) is 7.27. The Kier molecular flexibility index (Phi) is 6.42. The molecule has 2 aromatic rings. The van der Waals surface area contributed by atoms with Gasteiger partial charge in [0.2, 0.25) is 0 Å². The normalized spacial score (nSPS) is 11.0. The van der Waals surface area contributed by atoms with Gasteiger partial charge in [0.25, 0.3) is 0 Å². The molecule has 6 heteroatoms. The third-order valence-electron chi connectivity index (χ3n) is 3.58. The molecule has 2 rings (SSSR count). The van der Waals surface area contributed by atoms with Crippen molar-refractivity contribution < 1.29 is 0 Å². The van der Waals surface area contributed by atoms with Crippen LogP contribution in [0.25, 0.3) is 0 Å². The monoisotopic (exact) mass is 311 g/mol. The fraction of sp³-hybridized carbons (Fsp3) is 0.600. The molecule has 0 unspecified atom stereocenters. The van der Waals surface area contributed by atoms with Crippen molar-refractivity contribution in [2.75, 3.05) is 0 Å². The summed E-state index contributed by atoms with van der Waals surface area (Å²) >= 11 is 0. The quantitative estimate of drug-likeness (QED) is 0.892. The van der Waals surface area contributed by atoms with E-state index in [1.54, 1.807) is 0 Å². The lowest BCUT2D eigenvalue weighted by Gasteiger charge is -2.04. The predicted octanol–water partition coefficient (Wildman–Crippen LogP) is 2.78. The van der Waals surface area contributed by atoms with Gasteiger partial charge in [-0.1, -0.05) is 13.8 Å². The predicted molar refractivity (Wildman–Crippen MR) is 87.7 cm³/mol. The zero-order chi connectivity index (χ0) is 14.7. The van der Waals surface area contributed by atoms with Gasteiger partial charge < -0.3 is 5.32 Å². The molecule has 0 bridgehead atoms. The van der Waals surface area contributed by atoms with Crippen LogP contribution in [0.2, 0.25) is 0 Å². The summed E-state index contributed by atoms with van der Waals surface area (Å²) in [7, 11) is 2.00. The van der Waals surface area contributed by atoms with Gasteiger partial charge in [-0.3, -0.25) is 9.36 Å². The molecule has 0 fully saturated rings. The Hall–Kier alpha value is -1.33. The Morgan fingerprint density at radius 2 is 1.95 bits per heavy atom. The molecule has 118 valence electrons. The second-order valence-corrected chi connectivity index (χ2v) is 5.54. The van der Waals surface area contributed by atoms with Gasteiger partial charge in [-0.2, -0.15) is 10.2 Å². The first-order valence-electron chi connectivity index (χ1n) is 7.27. The van der Waals surface area contributed by atoms with Crippen LogP contribution in [0.1, 0.15) is 49.3 Å². The highest BCUT2D eigenvalue weighted by Crippen LogP contribution is 2.14. The summed E-state index contributed by atoms with van der Waals surface area (Å²) in [4.78, 5) is 0. The van der Waals surface area contributed by atoms with Gasteiger partial charge in [-0.05, 0) is 25.8 Å². The van der Waals surface area contributed by atoms with Gasteiger partial charge in [-0.25, -0.2) is 0 Å². The van der Waals surface area contributed by atoms with Crippen LogP contribution in [0.15, 0.2) is 12.3 Å². The van der Waals surface area contributed by atoms with Crippen LogP contribution >= 0.6 is 12.4 Å². The molecule has 0 aliphatic heterocycles. The maximum Gasteiger partial charge on any atom is 0.0653 e. The van der Waals surface area contributed by atoms with Crippen molar-refractivity contribution >= 4 is 12.4 Å². The van der Waals surface area contributed by atoms with Gasteiger partial charge >= 0.3 is 0 Å². The standard InChI is InChI=1S/C15H25N5.ClH/c1-6-20-10-13(12(4)17-20)8-16-9-14-7-15(11(2)3)18-19(14)5;/h7,10-11,16H,6,8-9H2,1-5H3;1H. The number of aromatic nitrogens is 4. The average molecular weight is 312 g/mol. The summed E-state index contributed by atoms with van der Waals surface area (Å²) in [6.07, 6.45) is 2.12. The zero-order valence-electron chi connectivity index (χ0n) is 13.6.